The van der Waals surface area contributed by atoms with Crippen LogP contribution in [0.4, 0.5) is 0 Å². The second-order valence-electron chi connectivity index (χ2n) is 3.89. The van der Waals surface area contributed by atoms with Gasteiger partial charge in [-0.05, 0) is 23.6 Å². The average Bonchev–Trinajstić information content (AvgIpc) is 3.06. The van der Waals surface area contributed by atoms with Gasteiger partial charge in [-0.25, -0.2) is 4.52 Å². The predicted molar refractivity (Wildman–Crippen MR) is 70.7 cm³/mol. The van der Waals surface area contributed by atoms with Crippen molar-refractivity contribution in [2.45, 2.75) is 6.54 Å². The van der Waals surface area contributed by atoms with Crippen LogP contribution in [0.2, 0.25) is 0 Å². The standard InChI is InChI=1S/C13H11N3OS/c17-13(10-4-6-18-9-10)14-7-11-8-15-16-5-2-1-3-12(11)16/h1-6,8-9H,7H2,(H,14,17). The van der Waals surface area contributed by atoms with Crippen molar-refractivity contribution in [3.63, 3.8) is 0 Å². The first-order valence-electron chi connectivity index (χ1n) is 5.56. The summed E-state index contributed by atoms with van der Waals surface area (Å²) in [5.74, 6) is -0.0495. The van der Waals surface area contributed by atoms with E-state index in [1.807, 2.05) is 41.2 Å². The Balaban J connectivity index is 1.76. The second-order valence-corrected chi connectivity index (χ2v) is 4.67. The van der Waals surface area contributed by atoms with E-state index in [0.29, 0.717) is 12.1 Å². The zero-order valence-corrected chi connectivity index (χ0v) is 10.4. The molecule has 18 heavy (non-hydrogen) atoms. The summed E-state index contributed by atoms with van der Waals surface area (Å²) in [7, 11) is 0. The number of carbonyl (C=O) groups excluding carboxylic acids is 1. The minimum atomic E-state index is -0.0495. The van der Waals surface area contributed by atoms with Gasteiger partial charge in [-0.1, -0.05) is 6.07 Å². The predicted octanol–water partition coefficient (Wildman–Crippen LogP) is 2.33. The fraction of sp³-hybridized carbons (Fsp3) is 0.0769. The summed E-state index contributed by atoms with van der Waals surface area (Å²) in [5.41, 5.74) is 2.73. The lowest BCUT2D eigenvalue weighted by atomic mass is 10.2. The van der Waals surface area contributed by atoms with Crippen LogP contribution >= 0.6 is 11.3 Å². The van der Waals surface area contributed by atoms with Crippen LogP contribution in [-0.2, 0) is 6.54 Å². The summed E-state index contributed by atoms with van der Waals surface area (Å²) < 4.78 is 1.80. The number of thiophene rings is 1. The Morgan fingerprint density at radius 1 is 1.39 bits per heavy atom. The molecule has 0 bridgehead atoms. The topological polar surface area (TPSA) is 46.4 Å². The van der Waals surface area contributed by atoms with Gasteiger partial charge >= 0.3 is 0 Å². The Kier molecular flexibility index (Phi) is 2.82. The van der Waals surface area contributed by atoms with Crippen molar-refractivity contribution in [2.75, 3.05) is 0 Å². The van der Waals surface area contributed by atoms with E-state index in [4.69, 9.17) is 0 Å². The van der Waals surface area contributed by atoms with Gasteiger partial charge in [0.05, 0.1) is 11.7 Å². The molecule has 5 heteroatoms. The first kappa shape index (κ1) is 11.0. The van der Waals surface area contributed by atoms with Crippen LogP contribution in [0, 0.1) is 0 Å². The van der Waals surface area contributed by atoms with E-state index in [-0.39, 0.29) is 5.91 Å². The highest BCUT2D eigenvalue weighted by Crippen LogP contribution is 2.10. The molecule has 4 nitrogen and oxygen atoms in total. The molecule has 0 aliphatic carbocycles. The number of hydrogen-bond donors (Lipinski definition) is 1. The Bertz CT molecular complexity index is 672. The van der Waals surface area contributed by atoms with Crippen molar-refractivity contribution >= 4 is 22.8 Å². The summed E-state index contributed by atoms with van der Waals surface area (Å²) in [6, 6.07) is 7.68. The molecule has 1 amide bonds. The first-order valence-corrected chi connectivity index (χ1v) is 6.50. The first-order chi connectivity index (χ1) is 8.84. The molecular formula is C13H11N3OS. The highest BCUT2D eigenvalue weighted by molar-refractivity contribution is 7.08. The van der Waals surface area contributed by atoms with E-state index < -0.39 is 0 Å². The molecule has 3 rings (SSSR count). The van der Waals surface area contributed by atoms with Gasteiger partial charge in [-0.2, -0.15) is 16.4 Å². The Morgan fingerprint density at radius 3 is 3.17 bits per heavy atom. The fourth-order valence-electron chi connectivity index (χ4n) is 1.79. The molecule has 0 atom stereocenters. The molecule has 3 aromatic heterocycles. The molecule has 0 unspecified atom stereocenters. The van der Waals surface area contributed by atoms with Crippen molar-refractivity contribution in [1.29, 1.82) is 0 Å². The zero-order chi connectivity index (χ0) is 12.4. The van der Waals surface area contributed by atoms with Crippen LogP contribution in [0.1, 0.15) is 15.9 Å². The normalized spacial score (nSPS) is 10.7. The largest absolute Gasteiger partial charge is 0.348 e. The van der Waals surface area contributed by atoms with E-state index in [0.717, 1.165) is 11.1 Å². The molecule has 0 saturated carbocycles. The van der Waals surface area contributed by atoms with Crippen LogP contribution < -0.4 is 5.32 Å². The molecule has 0 spiro atoms. The van der Waals surface area contributed by atoms with E-state index >= 15 is 0 Å². The Hall–Kier alpha value is -2.14. The number of nitrogens with zero attached hydrogens (tertiary/aromatic N) is 2. The van der Waals surface area contributed by atoms with Crippen LogP contribution in [0.15, 0.2) is 47.4 Å². The maximum absolute atomic E-state index is 11.8. The van der Waals surface area contributed by atoms with Gasteiger partial charge in [0.15, 0.2) is 0 Å². The molecular weight excluding hydrogens is 246 g/mol. The fourth-order valence-corrected chi connectivity index (χ4v) is 2.43. The van der Waals surface area contributed by atoms with Gasteiger partial charge < -0.3 is 5.32 Å². The third-order valence-electron chi connectivity index (χ3n) is 2.73. The number of pyridine rings is 1. The summed E-state index contributed by atoms with van der Waals surface area (Å²) >= 11 is 1.52. The van der Waals surface area contributed by atoms with Crippen molar-refractivity contribution < 1.29 is 4.79 Å². The van der Waals surface area contributed by atoms with Crippen molar-refractivity contribution in [2.24, 2.45) is 0 Å². The van der Waals surface area contributed by atoms with Gasteiger partial charge in [-0.15, -0.1) is 0 Å². The molecule has 90 valence electrons. The average molecular weight is 257 g/mol. The summed E-state index contributed by atoms with van der Waals surface area (Å²) in [6.45, 7) is 0.488. The molecule has 3 aromatic rings. The minimum absolute atomic E-state index is 0.0495. The van der Waals surface area contributed by atoms with Crippen LogP contribution in [0.25, 0.3) is 5.52 Å². The van der Waals surface area contributed by atoms with E-state index in [9.17, 15) is 4.79 Å². The van der Waals surface area contributed by atoms with Gasteiger partial charge in [-0.3, -0.25) is 4.79 Å². The second kappa shape index (κ2) is 4.62. The maximum atomic E-state index is 11.8. The van der Waals surface area contributed by atoms with Crippen molar-refractivity contribution in [1.82, 2.24) is 14.9 Å². The number of amides is 1. The highest BCUT2D eigenvalue weighted by Gasteiger charge is 2.07. The van der Waals surface area contributed by atoms with Gasteiger partial charge in [0.25, 0.3) is 5.91 Å². The molecule has 1 N–H and O–H groups in total. The zero-order valence-electron chi connectivity index (χ0n) is 9.54. The van der Waals surface area contributed by atoms with Gasteiger partial charge in [0, 0.05) is 29.2 Å². The number of rotatable bonds is 3. The number of fused-ring (bicyclic) bond motifs is 1. The van der Waals surface area contributed by atoms with Crippen LogP contribution in [0.5, 0.6) is 0 Å². The third-order valence-corrected chi connectivity index (χ3v) is 3.41. The lowest BCUT2D eigenvalue weighted by Crippen LogP contribution is -2.22. The molecule has 0 saturated heterocycles. The monoisotopic (exact) mass is 257 g/mol. The highest BCUT2D eigenvalue weighted by atomic mass is 32.1. The number of aromatic nitrogens is 2. The minimum Gasteiger partial charge on any atom is -0.348 e. The maximum Gasteiger partial charge on any atom is 0.252 e. The van der Waals surface area contributed by atoms with Gasteiger partial charge in [0.2, 0.25) is 0 Å². The molecule has 3 heterocycles. The molecule has 0 aliphatic rings. The number of nitrogens with one attached hydrogen (secondary N) is 1. The smallest absolute Gasteiger partial charge is 0.252 e. The van der Waals surface area contributed by atoms with E-state index in [1.54, 1.807) is 10.7 Å². The SMILES string of the molecule is O=C(NCc1cnn2ccccc12)c1ccsc1. The quantitative estimate of drug-likeness (QED) is 0.782. The lowest BCUT2D eigenvalue weighted by Gasteiger charge is -2.02. The van der Waals surface area contributed by atoms with E-state index in [1.165, 1.54) is 11.3 Å². The number of hydrogen-bond acceptors (Lipinski definition) is 3. The summed E-state index contributed by atoms with van der Waals surface area (Å²) in [6.07, 6.45) is 3.67. The van der Waals surface area contributed by atoms with E-state index in [2.05, 4.69) is 10.4 Å². The molecule has 0 fully saturated rings. The third kappa shape index (κ3) is 2.00. The summed E-state index contributed by atoms with van der Waals surface area (Å²) in [5, 5.41) is 10.9. The summed E-state index contributed by atoms with van der Waals surface area (Å²) in [4.78, 5) is 11.8. The van der Waals surface area contributed by atoms with Crippen LogP contribution in [-0.4, -0.2) is 15.5 Å². The molecule has 0 aliphatic heterocycles. The molecule has 0 aromatic carbocycles. The Morgan fingerprint density at radius 2 is 2.33 bits per heavy atom. The van der Waals surface area contributed by atoms with Crippen molar-refractivity contribution in [3.05, 3.63) is 58.5 Å². The van der Waals surface area contributed by atoms with Crippen molar-refractivity contribution in [3.8, 4) is 0 Å². The lowest BCUT2D eigenvalue weighted by molar-refractivity contribution is 0.0951. The molecule has 0 radical (unpaired) electrons. The Labute approximate surface area is 108 Å². The van der Waals surface area contributed by atoms with Crippen LogP contribution in [0.3, 0.4) is 0 Å². The van der Waals surface area contributed by atoms with Gasteiger partial charge in [0.1, 0.15) is 0 Å². The number of carbonyl (C=O) groups is 1.